The molecule has 1 N–H and O–H groups in total. The van der Waals surface area contributed by atoms with Gasteiger partial charge in [0.1, 0.15) is 5.76 Å². The molecule has 1 atom stereocenters. The zero-order valence-corrected chi connectivity index (χ0v) is 16.2. The zero-order chi connectivity index (χ0) is 17.7. The van der Waals surface area contributed by atoms with Crippen LogP contribution in [0.5, 0.6) is 0 Å². The summed E-state index contributed by atoms with van der Waals surface area (Å²) in [5, 5.41) is 4.77. The Bertz CT molecular complexity index is 670. The second kappa shape index (κ2) is 8.54. The van der Waals surface area contributed by atoms with Crippen LogP contribution in [0.4, 0.5) is 5.69 Å². The first kappa shape index (κ1) is 18.8. The molecule has 5 heteroatoms. The Hall–Kier alpha value is -1.52. The summed E-state index contributed by atoms with van der Waals surface area (Å²) in [5.41, 5.74) is 1.93. The van der Waals surface area contributed by atoms with E-state index in [1.165, 1.54) is 0 Å². The highest BCUT2D eigenvalue weighted by Crippen LogP contribution is 2.26. The van der Waals surface area contributed by atoms with Gasteiger partial charge in [-0.05, 0) is 68.2 Å². The van der Waals surface area contributed by atoms with E-state index in [9.17, 15) is 0 Å². The first-order valence-electron chi connectivity index (χ1n) is 8.26. The van der Waals surface area contributed by atoms with Gasteiger partial charge in [0.2, 0.25) is 0 Å². The third-order valence-electron chi connectivity index (χ3n) is 4.14. The summed E-state index contributed by atoms with van der Waals surface area (Å²) in [4.78, 5) is 2.18. The number of hydrogen-bond donors (Lipinski definition) is 1. The molecule has 3 nitrogen and oxygen atoms in total. The summed E-state index contributed by atoms with van der Waals surface area (Å²) in [5.74, 6) is 1.51. The maximum absolute atomic E-state index is 6.21. The molecule has 0 aliphatic heterocycles. The van der Waals surface area contributed by atoms with Gasteiger partial charge < -0.3 is 14.6 Å². The molecule has 1 aromatic carbocycles. The Morgan fingerprint density at radius 3 is 2.62 bits per heavy atom. The van der Waals surface area contributed by atoms with Crippen LogP contribution in [0.25, 0.3) is 0 Å². The van der Waals surface area contributed by atoms with Crippen LogP contribution in [0.3, 0.4) is 0 Å². The van der Waals surface area contributed by atoms with Crippen LogP contribution in [0, 0.1) is 12.8 Å². The summed E-state index contributed by atoms with van der Waals surface area (Å²) < 4.78 is 5.58. The Balaban J connectivity index is 2.18. The Kier molecular flexibility index (Phi) is 6.69. The molecule has 0 aliphatic rings. The van der Waals surface area contributed by atoms with Crippen molar-refractivity contribution < 1.29 is 4.42 Å². The Labute approximate surface area is 155 Å². The van der Waals surface area contributed by atoms with Crippen molar-refractivity contribution in [1.29, 1.82) is 0 Å². The van der Waals surface area contributed by atoms with Crippen LogP contribution in [0.2, 0.25) is 5.02 Å². The van der Waals surface area contributed by atoms with E-state index in [2.05, 4.69) is 31.0 Å². The van der Waals surface area contributed by atoms with Crippen molar-refractivity contribution >= 4 is 34.6 Å². The highest BCUT2D eigenvalue weighted by Gasteiger charge is 2.21. The third kappa shape index (κ3) is 4.74. The second-order valence-corrected chi connectivity index (χ2v) is 7.20. The molecule has 1 heterocycles. The van der Waals surface area contributed by atoms with E-state index in [-0.39, 0.29) is 6.04 Å². The molecule has 0 aliphatic carbocycles. The fourth-order valence-electron chi connectivity index (χ4n) is 2.48. The number of rotatable bonds is 6. The minimum atomic E-state index is 0.0678. The van der Waals surface area contributed by atoms with E-state index in [4.69, 9.17) is 28.2 Å². The molecule has 2 aromatic rings. The number of furan rings is 1. The minimum Gasteiger partial charge on any atom is -0.467 e. The van der Waals surface area contributed by atoms with Gasteiger partial charge in [-0.1, -0.05) is 31.5 Å². The van der Waals surface area contributed by atoms with Gasteiger partial charge in [-0.3, -0.25) is 0 Å². The predicted molar refractivity (Wildman–Crippen MR) is 106 cm³/mol. The molecule has 0 amide bonds. The highest BCUT2D eigenvalue weighted by atomic mass is 35.5. The lowest BCUT2D eigenvalue weighted by Crippen LogP contribution is -2.38. The summed E-state index contributed by atoms with van der Waals surface area (Å²) in [6.45, 7) is 9.39. The molecule has 0 spiro atoms. The molecular weight excluding hydrogens is 340 g/mol. The average molecular weight is 365 g/mol. The summed E-state index contributed by atoms with van der Waals surface area (Å²) in [7, 11) is 0. The predicted octanol–water partition coefficient (Wildman–Crippen LogP) is 6.05. The van der Waals surface area contributed by atoms with Crippen LogP contribution >= 0.6 is 23.8 Å². The maximum Gasteiger partial charge on any atom is 0.174 e. The first-order valence-corrected chi connectivity index (χ1v) is 9.05. The van der Waals surface area contributed by atoms with Crippen LogP contribution in [-0.4, -0.2) is 16.6 Å². The number of nitrogens with one attached hydrogen (secondary N) is 1. The first-order chi connectivity index (χ1) is 11.4. The van der Waals surface area contributed by atoms with Crippen molar-refractivity contribution in [2.24, 2.45) is 5.92 Å². The van der Waals surface area contributed by atoms with E-state index in [0.29, 0.717) is 11.0 Å². The molecule has 0 saturated heterocycles. The summed E-state index contributed by atoms with van der Waals surface area (Å²) in [6, 6.07) is 9.76. The Morgan fingerprint density at radius 1 is 1.25 bits per heavy atom. The molecular formula is C19H25ClN2OS. The molecule has 130 valence electrons. The fourth-order valence-corrected chi connectivity index (χ4v) is 3.01. The van der Waals surface area contributed by atoms with Gasteiger partial charge in [-0.2, -0.15) is 0 Å². The van der Waals surface area contributed by atoms with E-state index in [1.54, 1.807) is 6.26 Å². The van der Waals surface area contributed by atoms with Crippen molar-refractivity contribution in [3.05, 3.63) is 52.9 Å². The third-order valence-corrected chi connectivity index (χ3v) is 4.89. The highest BCUT2D eigenvalue weighted by molar-refractivity contribution is 7.80. The van der Waals surface area contributed by atoms with Gasteiger partial charge in [0, 0.05) is 17.3 Å². The van der Waals surface area contributed by atoms with Crippen molar-refractivity contribution in [2.45, 2.75) is 40.2 Å². The van der Waals surface area contributed by atoms with Crippen molar-refractivity contribution in [1.82, 2.24) is 4.90 Å². The standard InChI is InChI=1S/C19H25ClN2OS/c1-13(2)10-11-22(15(4)18-9-6-12-23-18)19(24)21-17-8-5-7-16(20)14(17)3/h5-9,12-13,15H,10-11H2,1-4H3,(H,21,24). The van der Waals surface area contributed by atoms with Crippen LogP contribution in [0.15, 0.2) is 41.0 Å². The van der Waals surface area contributed by atoms with Crippen molar-refractivity contribution in [2.75, 3.05) is 11.9 Å². The lowest BCUT2D eigenvalue weighted by Gasteiger charge is -2.31. The van der Waals surface area contributed by atoms with Crippen LogP contribution in [-0.2, 0) is 0 Å². The van der Waals surface area contributed by atoms with Crippen LogP contribution < -0.4 is 5.32 Å². The van der Waals surface area contributed by atoms with E-state index < -0.39 is 0 Å². The van der Waals surface area contributed by atoms with Gasteiger partial charge in [-0.25, -0.2) is 0 Å². The maximum atomic E-state index is 6.21. The molecule has 2 rings (SSSR count). The van der Waals surface area contributed by atoms with E-state index >= 15 is 0 Å². The Morgan fingerprint density at radius 2 is 2.00 bits per heavy atom. The fraction of sp³-hybridized carbons (Fsp3) is 0.421. The SMILES string of the molecule is Cc1c(Cl)cccc1NC(=S)N(CCC(C)C)C(C)c1ccco1. The van der Waals surface area contributed by atoms with Gasteiger partial charge in [-0.15, -0.1) is 0 Å². The topological polar surface area (TPSA) is 28.4 Å². The summed E-state index contributed by atoms with van der Waals surface area (Å²) in [6.07, 6.45) is 2.76. The molecule has 0 saturated carbocycles. The molecule has 0 fully saturated rings. The van der Waals surface area contributed by atoms with E-state index in [1.807, 2.05) is 37.3 Å². The number of benzene rings is 1. The molecule has 1 aromatic heterocycles. The molecule has 0 radical (unpaired) electrons. The normalized spacial score (nSPS) is 12.2. The number of hydrogen-bond acceptors (Lipinski definition) is 2. The largest absolute Gasteiger partial charge is 0.467 e. The number of anilines is 1. The van der Waals surface area contributed by atoms with Gasteiger partial charge >= 0.3 is 0 Å². The van der Waals surface area contributed by atoms with Crippen molar-refractivity contribution in [3.63, 3.8) is 0 Å². The van der Waals surface area contributed by atoms with Crippen molar-refractivity contribution in [3.8, 4) is 0 Å². The van der Waals surface area contributed by atoms with Gasteiger partial charge in [0.05, 0.1) is 12.3 Å². The number of halogens is 1. The minimum absolute atomic E-state index is 0.0678. The molecule has 1 unspecified atom stereocenters. The number of thiocarbonyl (C=S) groups is 1. The monoisotopic (exact) mass is 364 g/mol. The lowest BCUT2D eigenvalue weighted by molar-refractivity contribution is 0.281. The molecule has 24 heavy (non-hydrogen) atoms. The van der Waals surface area contributed by atoms with Gasteiger partial charge in [0.25, 0.3) is 0 Å². The molecule has 0 bridgehead atoms. The zero-order valence-electron chi connectivity index (χ0n) is 14.7. The lowest BCUT2D eigenvalue weighted by atomic mass is 10.1. The summed E-state index contributed by atoms with van der Waals surface area (Å²) >= 11 is 11.9. The second-order valence-electron chi connectivity index (χ2n) is 6.41. The van der Waals surface area contributed by atoms with E-state index in [0.717, 1.165) is 35.0 Å². The van der Waals surface area contributed by atoms with Crippen LogP contribution in [0.1, 0.15) is 44.6 Å². The number of nitrogens with zero attached hydrogens (tertiary/aromatic N) is 1. The smallest absolute Gasteiger partial charge is 0.174 e. The van der Waals surface area contributed by atoms with Gasteiger partial charge in [0.15, 0.2) is 5.11 Å². The quantitative estimate of drug-likeness (QED) is 0.632. The average Bonchev–Trinajstić information content (AvgIpc) is 3.06.